The van der Waals surface area contributed by atoms with E-state index in [0.29, 0.717) is 31.3 Å². The van der Waals surface area contributed by atoms with Crippen LogP contribution in [-0.2, 0) is 9.53 Å². The van der Waals surface area contributed by atoms with Gasteiger partial charge in [-0.1, -0.05) is 0 Å². The number of hydrogen-bond donors (Lipinski definition) is 1. The molecule has 2 fully saturated rings. The summed E-state index contributed by atoms with van der Waals surface area (Å²) in [5.74, 6) is -3.06. The van der Waals surface area contributed by atoms with Crippen molar-refractivity contribution in [3.8, 4) is 0 Å². The molecule has 0 atom stereocenters. The molecule has 2 aliphatic rings. The highest BCUT2D eigenvalue weighted by Gasteiger charge is 2.24. The van der Waals surface area contributed by atoms with Gasteiger partial charge in [0.15, 0.2) is 17.5 Å². The van der Waals surface area contributed by atoms with Crippen molar-refractivity contribution >= 4 is 11.6 Å². The predicted octanol–water partition coefficient (Wildman–Crippen LogP) is 3.33. The first kappa shape index (κ1) is 22.9. The first-order valence-electron chi connectivity index (χ1n) is 10.9. The number of halogens is 3. The van der Waals surface area contributed by atoms with Crippen molar-refractivity contribution in [3.05, 3.63) is 29.6 Å². The smallest absolute Gasteiger partial charge is 0.246 e. The largest absolute Gasteiger partial charge is 0.372 e. The highest BCUT2D eigenvalue weighted by atomic mass is 19.2. The van der Waals surface area contributed by atoms with Crippen LogP contribution in [0.5, 0.6) is 0 Å². The molecule has 0 aromatic heterocycles. The zero-order valence-corrected chi connectivity index (χ0v) is 17.6. The van der Waals surface area contributed by atoms with Crippen LogP contribution < -0.4 is 10.2 Å². The number of amides is 1. The van der Waals surface area contributed by atoms with Gasteiger partial charge in [-0.3, -0.25) is 9.69 Å². The number of piperazine rings is 1. The normalized spacial score (nSPS) is 22.9. The van der Waals surface area contributed by atoms with Gasteiger partial charge in [-0.15, -0.1) is 0 Å². The van der Waals surface area contributed by atoms with Crippen LogP contribution in [-0.4, -0.2) is 62.8 Å². The van der Waals surface area contributed by atoms with Gasteiger partial charge in [0.2, 0.25) is 5.91 Å². The summed E-state index contributed by atoms with van der Waals surface area (Å²) in [5.41, 5.74) is 0.399. The van der Waals surface area contributed by atoms with Crippen molar-refractivity contribution in [2.24, 2.45) is 5.92 Å². The van der Waals surface area contributed by atoms with Crippen molar-refractivity contribution in [2.75, 3.05) is 50.8 Å². The van der Waals surface area contributed by atoms with E-state index in [1.165, 1.54) is 0 Å². The van der Waals surface area contributed by atoms with Gasteiger partial charge in [0.25, 0.3) is 0 Å². The first-order chi connectivity index (χ1) is 14.5. The SMILES string of the molecule is CCOCC(=O)N[C@H]1CC[C@H](CCN2CCN(c3cc(F)c(F)c(F)c3)CC2)CC1. The lowest BCUT2D eigenvalue weighted by Gasteiger charge is -2.37. The molecule has 0 radical (unpaired) electrons. The average molecular weight is 428 g/mol. The lowest BCUT2D eigenvalue weighted by atomic mass is 9.84. The van der Waals surface area contributed by atoms with Crippen LogP contribution in [0, 0.1) is 23.4 Å². The predicted molar refractivity (Wildman–Crippen MR) is 110 cm³/mol. The van der Waals surface area contributed by atoms with E-state index in [0.717, 1.165) is 63.9 Å². The minimum Gasteiger partial charge on any atom is -0.372 e. The molecular weight excluding hydrogens is 395 g/mol. The summed E-state index contributed by atoms with van der Waals surface area (Å²) >= 11 is 0. The Hall–Kier alpha value is -1.80. The summed E-state index contributed by atoms with van der Waals surface area (Å²) in [6.45, 7) is 6.55. The molecular formula is C22H32F3N3O2. The lowest BCUT2D eigenvalue weighted by molar-refractivity contribution is -0.126. The highest BCUT2D eigenvalue weighted by molar-refractivity contribution is 5.77. The molecule has 1 aromatic rings. The van der Waals surface area contributed by atoms with E-state index in [-0.39, 0.29) is 18.6 Å². The molecule has 1 saturated heterocycles. The number of hydrogen-bond acceptors (Lipinski definition) is 4. The molecule has 1 aromatic carbocycles. The van der Waals surface area contributed by atoms with E-state index in [1.807, 2.05) is 11.8 Å². The van der Waals surface area contributed by atoms with Crippen molar-refractivity contribution in [3.63, 3.8) is 0 Å². The Morgan fingerprint density at radius 1 is 1.07 bits per heavy atom. The van der Waals surface area contributed by atoms with Gasteiger partial charge in [-0.05, 0) is 51.5 Å². The standard InChI is InChI=1S/C22H32F3N3O2/c1-2-30-15-21(29)26-17-5-3-16(4-6-17)7-8-27-9-11-28(12-10-27)18-13-19(23)22(25)20(24)14-18/h13-14,16-17H,2-12,15H2,1H3,(H,26,29)/t16-,17-. The zero-order valence-electron chi connectivity index (χ0n) is 17.6. The molecule has 30 heavy (non-hydrogen) atoms. The second kappa shape index (κ2) is 11.0. The minimum absolute atomic E-state index is 0.0286. The van der Waals surface area contributed by atoms with E-state index < -0.39 is 17.5 Å². The van der Waals surface area contributed by atoms with Gasteiger partial charge in [-0.2, -0.15) is 0 Å². The Kier molecular flexibility index (Phi) is 8.39. The molecule has 0 unspecified atom stereocenters. The number of ether oxygens (including phenoxy) is 1. The summed E-state index contributed by atoms with van der Waals surface area (Å²) in [7, 11) is 0. The number of rotatable bonds is 8. The molecule has 1 heterocycles. The Morgan fingerprint density at radius 2 is 1.70 bits per heavy atom. The van der Waals surface area contributed by atoms with Crippen LogP contribution in [0.1, 0.15) is 39.0 Å². The lowest BCUT2D eigenvalue weighted by Crippen LogP contribution is -2.47. The summed E-state index contributed by atoms with van der Waals surface area (Å²) in [5, 5.41) is 3.05. The molecule has 1 amide bonds. The second-order valence-corrected chi connectivity index (χ2v) is 8.26. The maximum absolute atomic E-state index is 13.5. The van der Waals surface area contributed by atoms with E-state index in [2.05, 4.69) is 10.2 Å². The number of nitrogens with one attached hydrogen (secondary N) is 1. The summed E-state index contributed by atoms with van der Waals surface area (Å²) in [6.07, 6.45) is 5.39. The van der Waals surface area contributed by atoms with Crippen molar-refractivity contribution < 1.29 is 22.7 Å². The third kappa shape index (κ3) is 6.35. The molecule has 0 spiro atoms. The Morgan fingerprint density at radius 3 is 2.30 bits per heavy atom. The molecule has 1 aliphatic carbocycles. The number of carbonyl (C=O) groups is 1. The Labute approximate surface area is 176 Å². The number of carbonyl (C=O) groups excluding carboxylic acids is 1. The van der Waals surface area contributed by atoms with Crippen LogP contribution in [0.2, 0.25) is 0 Å². The summed E-state index contributed by atoms with van der Waals surface area (Å²) in [4.78, 5) is 16.0. The average Bonchev–Trinajstić information content (AvgIpc) is 2.75. The zero-order chi connectivity index (χ0) is 21.5. The molecule has 3 rings (SSSR count). The molecule has 168 valence electrons. The van der Waals surface area contributed by atoms with Gasteiger partial charge in [-0.25, -0.2) is 13.2 Å². The van der Waals surface area contributed by atoms with Crippen LogP contribution in [0.4, 0.5) is 18.9 Å². The van der Waals surface area contributed by atoms with Crippen molar-refractivity contribution in [2.45, 2.75) is 45.1 Å². The van der Waals surface area contributed by atoms with Gasteiger partial charge in [0.05, 0.1) is 0 Å². The van der Waals surface area contributed by atoms with Crippen LogP contribution in [0.3, 0.4) is 0 Å². The third-order valence-electron chi connectivity index (χ3n) is 6.21. The van der Waals surface area contributed by atoms with Gasteiger partial charge in [0.1, 0.15) is 6.61 Å². The summed E-state index contributed by atoms with van der Waals surface area (Å²) in [6, 6.07) is 2.40. The molecule has 8 heteroatoms. The molecule has 0 bridgehead atoms. The topological polar surface area (TPSA) is 44.8 Å². The minimum atomic E-state index is -1.42. The van der Waals surface area contributed by atoms with E-state index >= 15 is 0 Å². The maximum atomic E-state index is 13.5. The van der Waals surface area contributed by atoms with Crippen molar-refractivity contribution in [1.82, 2.24) is 10.2 Å². The number of nitrogens with zero attached hydrogens (tertiary/aromatic N) is 2. The fraction of sp³-hybridized carbons (Fsp3) is 0.682. The van der Waals surface area contributed by atoms with E-state index in [9.17, 15) is 18.0 Å². The fourth-order valence-corrected chi connectivity index (χ4v) is 4.38. The van der Waals surface area contributed by atoms with E-state index in [1.54, 1.807) is 0 Å². The van der Waals surface area contributed by atoms with Crippen molar-refractivity contribution in [1.29, 1.82) is 0 Å². The Bertz CT molecular complexity index is 680. The van der Waals surface area contributed by atoms with Gasteiger partial charge < -0.3 is 15.0 Å². The molecule has 5 nitrogen and oxygen atoms in total. The van der Waals surface area contributed by atoms with E-state index in [4.69, 9.17) is 4.74 Å². The maximum Gasteiger partial charge on any atom is 0.246 e. The van der Waals surface area contributed by atoms with Crippen LogP contribution >= 0.6 is 0 Å². The van der Waals surface area contributed by atoms with Crippen LogP contribution in [0.15, 0.2) is 12.1 Å². The molecule has 1 N–H and O–H groups in total. The first-order valence-corrected chi connectivity index (χ1v) is 10.9. The van der Waals surface area contributed by atoms with Gasteiger partial charge >= 0.3 is 0 Å². The second-order valence-electron chi connectivity index (χ2n) is 8.26. The monoisotopic (exact) mass is 427 g/mol. The summed E-state index contributed by atoms with van der Waals surface area (Å²) < 4.78 is 45.2. The van der Waals surface area contributed by atoms with Gasteiger partial charge in [0, 0.05) is 56.6 Å². The third-order valence-corrected chi connectivity index (χ3v) is 6.21. The molecule has 1 saturated carbocycles. The number of benzene rings is 1. The quantitative estimate of drug-likeness (QED) is 0.647. The number of anilines is 1. The highest BCUT2D eigenvalue weighted by Crippen LogP contribution is 2.28. The van der Waals surface area contributed by atoms with Crippen LogP contribution in [0.25, 0.3) is 0 Å². The molecule has 1 aliphatic heterocycles. The fourth-order valence-electron chi connectivity index (χ4n) is 4.38. The Balaban J connectivity index is 1.34.